The highest BCUT2D eigenvalue weighted by Crippen LogP contribution is 2.32. The van der Waals surface area contributed by atoms with Crippen LogP contribution < -0.4 is 20.3 Å². The second-order valence-electron chi connectivity index (χ2n) is 9.14. The summed E-state index contributed by atoms with van der Waals surface area (Å²) >= 11 is 0. The summed E-state index contributed by atoms with van der Waals surface area (Å²) < 4.78 is 20.8. The number of halogens is 1. The van der Waals surface area contributed by atoms with Crippen molar-refractivity contribution in [3.05, 3.63) is 72.7 Å². The van der Waals surface area contributed by atoms with Crippen LogP contribution in [-0.4, -0.2) is 68.3 Å². The first-order chi connectivity index (χ1) is 17.6. The molecule has 2 N–H and O–H groups in total. The van der Waals surface area contributed by atoms with Crippen LogP contribution in [0.5, 0.6) is 5.75 Å². The maximum absolute atomic E-state index is 15.1. The van der Waals surface area contributed by atoms with Crippen LogP contribution in [0.2, 0.25) is 0 Å². The predicted octanol–water partition coefficient (Wildman–Crippen LogP) is 4.53. The number of piperazine rings is 1. The van der Waals surface area contributed by atoms with Crippen LogP contribution in [0.1, 0.15) is 0 Å². The number of aromatic nitrogens is 2. The number of para-hydroxylation sites is 1. The Labute approximate surface area is 210 Å². The molecule has 36 heavy (non-hydrogen) atoms. The van der Waals surface area contributed by atoms with E-state index in [4.69, 9.17) is 9.72 Å². The number of benzene rings is 3. The first-order valence-corrected chi connectivity index (χ1v) is 12.2. The normalized spacial score (nSPS) is 13.8. The van der Waals surface area contributed by atoms with Crippen LogP contribution in [0.25, 0.3) is 22.0 Å². The molecule has 1 fully saturated rings. The molecule has 3 aromatic carbocycles. The van der Waals surface area contributed by atoms with Crippen LogP contribution in [0.15, 0.2) is 66.9 Å². The molecule has 0 amide bonds. The van der Waals surface area contributed by atoms with Gasteiger partial charge in [0, 0.05) is 72.9 Å². The summed E-state index contributed by atoms with van der Waals surface area (Å²) in [5.74, 6) is 0.634. The van der Waals surface area contributed by atoms with Gasteiger partial charge in [0.05, 0.1) is 5.52 Å². The molecule has 1 aromatic heterocycles. The lowest BCUT2D eigenvalue weighted by atomic mass is 10.0. The lowest BCUT2D eigenvalue weighted by Gasteiger charge is -2.29. The van der Waals surface area contributed by atoms with E-state index in [0.717, 1.165) is 43.8 Å². The molecular formula is C28H31FN6O. The number of ether oxygens (including phenoxy) is 1. The van der Waals surface area contributed by atoms with Crippen molar-refractivity contribution in [2.45, 2.75) is 0 Å². The molecule has 0 radical (unpaired) electrons. The van der Waals surface area contributed by atoms with Crippen LogP contribution >= 0.6 is 0 Å². The molecule has 0 aliphatic carbocycles. The van der Waals surface area contributed by atoms with Gasteiger partial charge in [0.1, 0.15) is 18.2 Å². The molecule has 0 unspecified atom stereocenters. The van der Waals surface area contributed by atoms with Crippen molar-refractivity contribution in [3.8, 4) is 16.9 Å². The molecule has 5 rings (SSSR count). The van der Waals surface area contributed by atoms with Crippen LogP contribution in [0.4, 0.5) is 21.7 Å². The fraction of sp³-hybridized carbons (Fsp3) is 0.286. The van der Waals surface area contributed by atoms with E-state index < -0.39 is 0 Å². The highest BCUT2D eigenvalue weighted by Gasteiger charge is 2.13. The Hall–Kier alpha value is -3.75. The fourth-order valence-electron chi connectivity index (χ4n) is 4.29. The third kappa shape index (κ3) is 5.56. The Kier molecular flexibility index (Phi) is 7.25. The highest BCUT2D eigenvalue weighted by atomic mass is 19.1. The number of rotatable bonds is 8. The van der Waals surface area contributed by atoms with Gasteiger partial charge in [-0.1, -0.05) is 18.2 Å². The molecule has 0 bridgehead atoms. The Bertz CT molecular complexity index is 1320. The van der Waals surface area contributed by atoms with Crippen LogP contribution in [-0.2, 0) is 0 Å². The predicted molar refractivity (Wildman–Crippen MR) is 144 cm³/mol. The maximum Gasteiger partial charge on any atom is 0.227 e. The molecule has 186 valence electrons. The van der Waals surface area contributed by atoms with E-state index in [2.05, 4.69) is 32.7 Å². The summed E-state index contributed by atoms with van der Waals surface area (Å²) in [7, 11) is 3.95. The minimum atomic E-state index is -0.346. The van der Waals surface area contributed by atoms with E-state index >= 15 is 4.39 Å². The first-order valence-electron chi connectivity index (χ1n) is 12.2. The molecule has 4 aromatic rings. The zero-order valence-corrected chi connectivity index (χ0v) is 20.7. The van der Waals surface area contributed by atoms with Crippen molar-refractivity contribution in [3.63, 3.8) is 0 Å². The molecule has 1 saturated heterocycles. The topological polar surface area (TPSA) is 65.6 Å². The molecule has 2 heterocycles. The lowest BCUT2D eigenvalue weighted by molar-refractivity contribution is 0.260. The van der Waals surface area contributed by atoms with Gasteiger partial charge in [0.15, 0.2) is 0 Å². The number of nitrogens with one attached hydrogen (secondary N) is 2. The van der Waals surface area contributed by atoms with Crippen molar-refractivity contribution in [1.82, 2.24) is 20.2 Å². The number of anilines is 3. The summed E-state index contributed by atoms with van der Waals surface area (Å²) in [6, 6.07) is 19.0. The maximum atomic E-state index is 15.1. The third-order valence-electron chi connectivity index (χ3n) is 6.25. The van der Waals surface area contributed by atoms with Gasteiger partial charge >= 0.3 is 0 Å². The second kappa shape index (κ2) is 10.9. The van der Waals surface area contributed by atoms with E-state index in [1.165, 1.54) is 11.8 Å². The van der Waals surface area contributed by atoms with Crippen molar-refractivity contribution < 1.29 is 9.13 Å². The smallest absolute Gasteiger partial charge is 0.227 e. The number of fused-ring (bicyclic) bond motifs is 1. The quantitative estimate of drug-likeness (QED) is 0.379. The van der Waals surface area contributed by atoms with E-state index in [1.54, 1.807) is 18.3 Å². The van der Waals surface area contributed by atoms with Gasteiger partial charge in [-0.25, -0.2) is 14.4 Å². The summed E-state index contributed by atoms with van der Waals surface area (Å²) in [5.41, 5.74) is 3.98. The first kappa shape index (κ1) is 24.0. The zero-order chi connectivity index (χ0) is 24.9. The van der Waals surface area contributed by atoms with E-state index in [9.17, 15) is 0 Å². The van der Waals surface area contributed by atoms with Crippen molar-refractivity contribution in [2.24, 2.45) is 0 Å². The Morgan fingerprint density at radius 1 is 1.03 bits per heavy atom. The summed E-state index contributed by atoms with van der Waals surface area (Å²) in [6.45, 7) is 5.27. The van der Waals surface area contributed by atoms with Crippen LogP contribution in [0.3, 0.4) is 0 Å². The van der Waals surface area contributed by atoms with E-state index in [1.807, 2.05) is 49.3 Å². The molecule has 0 saturated carbocycles. The minimum Gasteiger partial charge on any atom is -0.492 e. The molecule has 1 aliphatic heterocycles. The van der Waals surface area contributed by atoms with Crippen molar-refractivity contribution >= 4 is 28.2 Å². The van der Waals surface area contributed by atoms with Gasteiger partial charge in [-0.05, 0) is 50.5 Å². The number of nitrogens with zero attached hydrogens (tertiary/aromatic N) is 4. The van der Waals surface area contributed by atoms with Gasteiger partial charge in [0.2, 0.25) is 5.95 Å². The SMILES string of the molecule is CN(C)CCOc1ccc(-c2cccc3cnc(Nc4ccc(N5CCNCC5)cc4)nc23)c(F)c1. The Morgan fingerprint density at radius 3 is 2.58 bits per heavy atom. The lowest BCUT2D eigenvalue weighted by Crippen LogP contribution is -2.43. The zero-order valence-electron chi connectivity index (χ0n) is 20.7. The Morgan fingerprint density at radius 2 is 1.83 bits per heavy atom. The summed E-state index contributed by atoms with van der Waals surface area (Å²) in [6.07, 6.45) is 1.76. The van der Waals surface area contributed by atoms with Gasteiger partial charge < -0.3 is 25.2 Å². The average Bonchev–Trinajstić information content (AvgIpc) is 2.89. The molecular weight excluding hydrogens is 455 g/mol. The van der Waals surface area contributed by atoms with E-state index in [-0.39, 0.29) is 5.82 Å². The van der Waals surface area contributed by atoms with Crippen molar-refractivity contribution in [2.75, 3.05) is 63.6 Å². The molecule has 0 spiro atoms. The average molecular weight is 487 g/mol. The Balaban J connectivity index is 1.37. The van der Waals surface area contributed by atoms with Gasteiger partial charge in [-0.2, -0.15) is 0 Å². The molecule has 7 nitrogen and oxygen atoms in total. The molecule has 8 heteroatoms. The van der Waals surface area contributed by atoms with Gasteiger partial charge in [-0.3, -0.25) is 0 Å². The number of hydrogen-bond donors (Lipinski definition) is 2. The van der Waals surface area contributed by atoms with E-state index in [0.29, 0.717) is 34.9 Å². The summed E-state index contributed by atoms with van der Waals surface area (Å²) in [4.78, 5) is 13.6. The fourth-order valence-corrected chi connectivity index (χ4v) is 4.29. The largest absolute Gasteiger partial charge is 0.492 e. The standard InChI is InChI=1S/C28H31FN6O/c1-34(2)16-17-36-23-10-11-24(26(29)18-23)25-5-3-4-20-19-31-28(33-27(20)25)32-21-6-8-22(9-7-21)35-14-12-30-13-15-35/h3-11,18-19,30H,12-17H2,1-2H3,(H,31,32,33). The number of likely N-dealkylation sites (N-methyl/N-ethyl adjacent to an activating group) is 1. The highest BCUT2D eigenvalue weighted by molar-refractivity contribution is 5.94. The minimum absolute atomic E-state index is 0.346. The molecule has 0 atom stereocenters. The monoisotopic (exact) mass is 486 g/mol. The third-order valence-corrected chi connectivity index (χ3v) is 6.25. The number of hydrogen-bond acceptors (Lipinski definition) is 7. The second-order valence-corrected chi connectivity index (χ2v) is 9.14. The van der Waals surface area contributed by atoms with Crippen molar-refractivity contribution in [1.29, 1.82) is 0 Å². The van der Waals surface area contributed by atoms with Gasteiger partial charge in [-0.15, -0.1) is 0 Å². The van der Waals surface area contributed by atoms with Gasteiger partial charge in [0.25, 0.3) is 0 Å². The van der Waals surface area contributed by atoms with Crippen LogP contribution in [0, 0.1) is 5.82 Å². The molecule has 1 aliphatic rings. The summed E-state index contributed by atoms with van der Waals surface area (Å²) in [5, 5.41) is 7.51.